The maximum absolute atomic E-state index is 13.6. The molecule has 0 saturated carbocycles. The number of rotatable bonds is 3. The molecule has 2 aromatic heterocycles. The molecule has 1 fully saturated rings. The van der Waals surface area contributed by atoms with Crippen LogP contribution < -0.4 is 4.90 Å². The van der Waals surface area contributed by atoms with Crippen LogP contribution >= 0.6 is 0 Å². The topological polar surface area (TPSA) is 46.8 Å². The van der Waals surface area contributed by atoms with Crippen molar-refractivity contribution in [1.29, 1.82) is 0 Å². The van der Waals surface area contributed by atoms with Crippen molar-refractivity contribution in [2.24, 2.45) is 0 Å². The molecule has 1 aliphatic heterocycles. The lowest BCUT2D eigenvalue weighted by Crippen LogP contribution is -2.35. The van der Waals surface area contributed by atoms with Gasteiger partial charge in [0.1, 0.15) is 0 Å². The highest BCUT2D eigenvalue weighted by Crippen LogP contribution is 2.30. The molecule has 1 unspecified atom stereocenters. The van der Waals surface area contributed by atoms with E-state index in [0.717, 1.165) is 42.2 Å². The van der Waals surface area contributed by atoms with E-state index in [9.17, 15) is 8.78 Å². The highest BCUT2D eigenvalue weighted by Gasteiger charge is 2.23. The molecule has 4 rings (SSSR count). The first-order chi connectivity index (χ1) is 13.0. The summed E-state index contributed by atoms with van der Waals surface area (Å²) in [6, 6.07) is 10.0. The van der Waals surface area contributed by atoms with E-state index in [4.69, 9.17) is 0 Å². The maximum atomic E-state index is 13.6. The van der Waals surface area contributed by atoms with Crippen LogP contribution in [-0.2, 0) is 0 Å². The first-order valence-electron chi connectivity index (χ1n) is 9.08. The van der Waals surface area contributed by atoms with E-state index < -0.39 is 11.6 Å². The number of benzene rings is 1. The summed E-state index contributed by atoms with van der Waals surface area (Å²) in [6.07, 6.45) is 1.91. The average molecular weight is 369 g/mol. The molecule has 5 nitrogen and oxygen atoms in total. The largest absolute Gasteiger partial charge is 0.355 e. The van der Waals surface area contributed by atoms with Crippen molar-refractivity contribution in [3.63, 3.8) is 0 Å². The predicted molar refractivity (Wildman–Crippen MR) is 99.2 cm³/mol. The third-order valence-corrected chi connectivity index (χ3v) is 5.02. The zero-order valence-corrected chi connectivity index (χ0v) is 15.4. The fraction of sp³-hybridized carbons (Fsp3) is 0.350. The molecule has 1 aromatic carbocycles. The number of nitrogens with zero attached hydrogens (tertiary/aromatic N) is 5. The van der Waals surface area contributed by atoms with E-state index in [1.165, 1.54) is 12.1 Å². The Labute approximate surface area is 156 Å². The number of halogens is 2. The number of hydrogen-bond donors (Lipinski definition) is 0. The smallest absolute Gasteiger partial charge is 0.176 e. The van der Waals surface area contributed by atoms with Gasteiger partial charge >= 0.3 is 0 Å². The minimum Gasteiger partial charge on any atom is -0.355 e. The molecular weight excluding hydrogens is 348 g/mol. The molecule has 0 aliphatic carbocycles. The van der Waals surface area contributed by atoms with Crippen LogP contribution in [0.5, 0.6) is 0 Å². The van der Waals surface area contributed by atoms with Gasteiger partial charge in [-0.15, -0.1) is 10.2 Å². The molecule has 1 saturated heterocycles. The third kappa shape index (κ3) is 3.54. The summed E-state index contributed by atoms with van der Waals surface area (Å²) in [7, 11) is 0. The lowest BCUT2D eigenvalue weighted by atomic mass is 9.90. The molecule has 1 atom stereocenters. The molecule has 7 heteroatoms. The van der Waals surface area contributed by atoms with Crippen LogP contribution in [-0.4, -0.2) is 33.1 Å². The second-order valence-corrected chi connectivity index (χ2v) is 7.05. The van der Waals surface area contributed by atoms with E-state index in [-0.39, 0.29) is 5.92 Å². The fourth-order valence-corrected chi connectivity index (χ4v) is 3.68. The second-order valence-electron chi connectivity index (χ2n) is 7.05. The molecule has 3 heterocycles. The van der Waals surface area contributed by atoms with Gasteiger partial charge in [-0.05, 0) is 62.6 Å². The molecule has 140 valence electrons. The summed E-state index contributed by atoms with van der Waals surface area (Å²) < 4.78 is 28.5. The van der Waals surface area contributed by atoms with E-state index >= 15 is 0 Å². The highest BCUT2D eigenvalue weighted by atomic mass is 19.2. The number of anilines is 1. The van der Waals surface area contributed by atoms with Crippen LogP contribution in [0.4, 0.5) is 14.6 Å². The van der Waals surface area contributed by atoms with Crippen LogP contribution in [0.1, 0.15) is 35.7 Å². The van der Waals surface area contributed by atoms with Crippen LogP contribution in [0.25, 0.3) is 5.82 Å². The van der Waals surface area contributed by atoms with Gasteiger partial charge in [-0.1, -0.05) is 6.07 Å². The summed E-state index contributed by atoms with van der Waals surface area (Å²) >= 11 is 0. The van der Waals surface area contributed by atoms with Gasteiger partial charge in [-0.2, -0.15) is 5.10 Å². The molecule has 0 bridgehead atoms. The van der Waals surface area contributed by atoms with Gasteiger partial charge in [-0.3, -0.25) is 0 Å². The monoisotopic (exact) mass is 369 g/mol. The van der Waals surface area contributed by atoms with Crippen molar-refractivity contribution >= 4 is 5.82 Å². The van der Waals surface area contributed by atoms with Crippen molar-refractivity contribution in [3.8, 4) is 5.82 Å². The summed E-state index contributed by atoms with van der Waals surface area (Å²) in [5, 5.41) is 13.1. The van der Waals surface area contributed by atoms with E-state index in [0.29, 0.717) is 12.4 Å². The lowest BCUT2D eigenvalue weighted by Gasteiger charge is -2.33. The third-order valence-electron chi connectivity index (χ3n) is 5.02. The van der Waals surface area contributed by atoms with Crippen LogP contribution in [0.15, 0.2) is 36.4 Å². The van der Waals surface area contributed by atoms with Gasteiger partial charge in [0.2, 0.25) is 0 Å². The Morgan fingerprint density at radius 1 is 0.963 bits per heavy atom. The van der Waals surface area contributed by atoms with Crippen molar-refractivity contribution in [2.75, 3.05) is 18.0 Å². The first-order valence-corrected chi connectivity index (χ1v) is 9.08. The van der Waals surface area contributed by atoms with E-state index in [1.54, 1.807) is 10.7 Å². The first kappa shape index (κ1) is 17.6. The predicted octanol–water partition coefficient (Wildman–Crippen LogP) is 3.94. The van der Waals surface area contributed by atoms with E-state index in [2.05, 4.69) is 20.2 Å². The summed E-state index contributed by atoms with van der Waals surface area (Å²) in [6.45, 7) is 5.50. The highest BCUT2D eigenvalue weighted by molar-refractivity contribution is 5.42. The molecule has 1 aliphatic rings. The van der Waals surface area contributed by atoms with Gasteiger partial charge < -0.3 is 4.90 Å². The summed E-state index contributed by atoms with van der Waals surface area (Å²) in [5.41, 5.74) is 2.76. The molecule has 3 aromatic rings. The van der Waals surface area contributed by atoms with Crippen LogP contribution in [0.3, 0.4) is 0 Å². The zero-order chi connectivity index (χ0) is 19.0. The minimum absolute atomic E-state index is 0.145. The Bertz CT molecular complexity index is 952. The molecular formula is C20H21F2N5. The number of piperidine rings is 1. The number of aryl methyl sites for hydroxylation is 2. The van der Waals surface area contributed by atoms with Gasteiger partial charge in [0.25, 0.3) is 0 Å². The number of hydrogen-bond acceptors (Lipinski definition) is 4. The van der Waals surface area contributed by atoms with Gasteiger partial charge in [0.05, 0.1) is 5.69 Å². The average Bonchev–Trinajstić information content (AvgIpc) is 3.02. The van der Waals surface area contributed by atoms with Crippen molar-refractivity contribution in [2.45, 2.75) is 32.6 Å². The second kappa shape index (κ2) is 7.06. The van der Waals surface area contributed by atoms with Crippen molar-refractivity contribution in [1.82, 2.24) is 20.0 Å². The lowest BCUT2D eigenvalue weighted by molar-refractivity contribution is 0.486. The van der Waals surface area contributed by atoms with Gasteiger partial charge in [-0.25, -0.2) is 13.5 Å². The Morgan fingerprint density at radius 3 is 2.41 bits per heavy atom. The Morgan fingerprint density at radius 2 is 1.74 bits per heavy atom. The Hall–Kier alpha value is -2.83. The van der Waals surface area contributed by atoms with Gasteiger partial charge in [0.15, 0.2) is 23.3 Å². The maximum Gasteiger partial charge on any atom is 0.176 e. The quantitative estimate of drug-likeness (QED) is 0.702. The molecule has 0 amide bonds. The zero-order valence-electron chi connectivity index (χ0n) is 15.4. The molecule has 27 heavy (non-hydrogen) atoms. The Balaban J connectivity index is 1.52. The fourth-order valence-electron chi connectivity index (χ4n) is 3.68. The SMILES string of the molecule is Cc1cc(C)n(-c2ccc(N3CCCC(c4ccc(F)c(F)c4)C3)nn2)n1. The summed E-state index contributed by atoms with van der Waals surface area (Å²) in [5.74, 6) is 0.00749. The minimum atomic E-state index is -0.808. The van der Waals surface area contributed by atoms with Crippen LogP contribution in [0.2, 0.25) is 0 Å². The van der Waals surface area contributed by atoms with Crippen molar-refractivity contribution in [3.05, 3.63) is 65.0 Å². The van der Waals surface area contributed by atoms with Gasteiger partial charge in [0, 0.05) is 24.7 Å². The summed E-state index contributed by atoms with van der Waals surface area (Å²) in [4.78, 5) is 2.15. The van der Waals surface area contributed by atoms with Crippen LogP contribution in [0, 0.1) is 25.5 Å². The number of aromatic nitrogens is 4. The molecule has 0 radical (unpaired) electrons. The Kier molecular flexibility index (Phi) is 4.59. The van der Waals surface area contributed by atoms with E-state index in [1.807, 2.05) is 32.0 Å². The molecule has 0 spiro atoms. The molecule has 0 N–H and O–H groups in total. The van der Waals surface area contributed by atoms with Crippen molar-refractivity contribution < 1.29 is 8.78 Å². The normalized spacial score (nSPS) is 17.3. The standard InChI is InChI=1S/C20H21F2N5/c1-13-10-14(2)27(25-13)20-8-7-19(23-24-20)26-9-3-4-16(12-26)15-5-6-17(21)18(22)11-15/h5-8,10-11,16H,3-4,9,12H2,1-2H3.